The molecule has 0 bridgehead atoms. The number of nitrogens with zero attached hydrogens (tertiary/aromatic N) is 1. The Morgan fingerprint density at radius 2 is 2.00 bits per heavy atom. The SMILES string of the molecule is CCCNC(N)=NCC(=O)OC(C)(C)C.I. The number of ether oxygens (including phenoxy) is 1. The molecule has 0 unspecified atom stereocenters. The average molecular weight is 343 g/mol. The Morgan fingerprint density at radius 3 is 2.44 bits per heavy atom. The standard InChI is InChI=1S/C10H21N3O2.HI/c1-5-6-12-9(11)13-7-8(14)15-10(2,3)4;/h5-7H2,1-4H3,(H3,11,12,13);1H. The number of guanidine groups is 1. The van der Waals surface area contributed by atoms with Gasteiger partial charge in [0.25, 0.3) is 0 Å². The molecular formula is C10H22IN3O2. The van der Waals surface area contributed by atoms with Gasteiger partial charge in [0.15, 0.2) is 5.96 Å². The quantitative estimate of drug-likeness (QED) is 0.349. The maximum absolute atomic E-state index is 11.2. The smallest absolute Gasteiger partial charge is 0.328 e. The number of carbonyl (C=O) groups is 1. The topological polar surface area (TPSA) is 76.7 Å². The van der Waals surface area contributed by atoms with Crippen molar-refractivity contribution in [3.05, 3.63) is 0 Å². The van der Waals surface area contributed by atoms with Crippen LogP contribution in [0.3, 0.4) is 0 Å². The first-order chi connectivity index (χ1) is 6.85. The third-order valence-corrected chi connectivity index (χ3v) is 1.35. The summed E-state index contributed by atoms with van der Waals surface area (Å²) in [6.07, 6.45) is 0.961. The molecule has 6 heteroatoms. The Hall–Kier alpha value is -0.530. The van der Waals surface area contributed by atoms with Crippen molar-refractivity contribution in [1.82, 2.24) is 5.32 Å². The molecule has 0 aliphatic carbocycles. The van der Waals surface area contributed by atoms with Gasteiger partial charge in [0.2, 0.25) is 0 Å². The summed E-state index contributed by atoms with van der Waals surface area (Å²) in [6.45, 7) is 8.17. The molecule has 0 spiro atoms. The molecule has 0 aromatic carbocycles. The molecule has 0 amide bonds. The number of rotatable bonds is 4. The predicted octanol–water partition coefficient (Wildman–Crippen LogP) is 1.26. The molecule has 0 atom stereocenters. The van der Waals surface area contributed by atoms with Gasteiger partial charge in [-0.2, -0.15) is 0 Å². The Kier molecular flexibility index (Phi) is 9.60. The molecule has 96 valence electrons. The highest BCUT2D eigenvalue weighted by Crippen LogP contribution is 2.06. The molecule has 0 aromatic rings. The van der Waals surface area contributed by atoms with Crippen LogP contribution in [0.1, 0.15) is 34.1 Å². The second-order valence-corrected chi connectivity index (χ2v) is 4.21. The number of esters is 1. The third-order valence-electron chi connectivity index (χ3n) is 1.35. The molecule has 5 nitrogen and oxygen atoms in total. The van der Waals surface area contributed by atoms with Crippen molar-refractivity contribution in [3.63, 3.8) is 0 Å². The zero-order valence-corrected chi connectivity index (χ0v) is 12.7. The summed E-state index contributed by atoms with van der Waals surface area (Å²) in [5.41, 5.74) is 5.03. The van der Waals surface area contributed by atoms with Crippen LogP contribution in [0.2, 0.25) is 0 Å². The average Bonchev–Trinajstić information content (AvgIpc) is 2.08. The Labute approximate surface area is 114 Å². The fourth-order valence-electron chi connectivity index (χ4n) is 0.832. The van der Waals surface area contributed by atoms with Gasteiger partial charge in [-0.3, -0.25) is 4.79 Å². The highest BCUT2D eigenvalue weighted by molar-refractivity contribution is 14.0. The van der Waals surface area contributed by atoms with Crippen LogP contribution in [-0.4, -0.2) is 30.6 Å². The van der Waals surface area contributed by atoms with Gasteiger partial charge in [-0.25, -0.2) is 4.99 Å². The van der Waals surface area contributed by atoms with E-state index >= 15 is 0 Å². The molecule has 0 aromatic heterocycles. The Balaban J connectivity index is 0. The van der Waals surface area contributed by atoms with E-state index in [2.05, 4.69) is 10.3 Å². The summed E-state index contributed by atoms with van der Waals surface area (Å²) in [5.74, 6) is -0.0912. The first kappa shape index (κ1) is 17.9. The molecule has 0 rings (SSSR count). The van der Waals surface area contributed by atoms with Crippen molar-refractivity contribution in [2.45, 2.75) is 39.7 Å². The van der Waals surface area contributed by atoms with E-state index in [9.17, 15) is 4.79 Å². The molecule has 0 heterocycles. The van der Waals surface area contributed by atoms with E-state index in [0.717, 1.165) is 13.0 Å². The first-order valence-corrected chi connectivity index (χ1v) is 5.11. The second kappa shape index (κ2) is 8.60. The zero-order valence-electron chi connectivity index (χ0n) is 10.4. The van der Waals surface area contributed by atoms with Crippen LogP contribution >= 0.6 is 24.0 Å². The summed E-state index contributed by atoms with van der Waals surface area (Å²) < 4.78 is 5.06. The molecule has 3 N–H and O–H groups in total. The molecular weight excluding hydrogens is 321 g/mol. The summed E-state index contributed by atoms with van der Waals surface area (Å²) >= 11 is 0. The maximum Gasteiger partial charge on any atom is 0.328 e. The van der Waals surface area contributed by atoms with E-state index in [1.54, 1.807) is 0 Å². The molecule has 0 aliphatic rings. The van der Waals surface area contributed by atoms with Gasteiger partial charge in [0, 0.05) is 6.54 Å². The minimum absolute atomic E-state index is 0. The van der Waals surface area contributed by atoms with Crippen LogP contribution in [0.15, 0.2) is 4.99 Å². The van der Waals surface area contributed by atoms with Crippen LogP contribution in [0, 0.1) is 0 Å². The summed E-state index contributed by atoms with van der Waals surface area (Å²) in [4.78, 5) is 15.1. The predicted molar refractivity (Wildman–Crippen MR) is 76.0 cm³/mol. The molecule has 0 radical (unpaired) electrons. The van der Waals surface area contributed by atoms with Gasteiger partial charge in [0.1, 0.15) is 12.1 Å². The van der Waals surface area contributed by atoms with E-state index in [1.165, 1.54) is 0 Å². The Morgan fingerprint density at radius 1 is 1.44 bits per heavy atom. The van der Waals surface area contributed by atoms with Crippen molar-refractivity contribution in [3.8, 4) is 0 Å². The Bertz CT molecular complexity index is 237. The van der Waals surface area contributed by atoms with Crippen molar-refractivity contribution in [2.24, 2.45) is 10.7 Å². The second-order valence-electron chi connectivity index (χ2n) is 4.21. The first-order valence-electron chi connectivity index (χ1n) is 5.11. The minimum Gasteiger partial charge on any atom is -0.459 e. The lowest BCUT2D eigenvalue weighted by Gasteiger charge is -2.18. The van der Waals surface area contributed by atoms with Crippen LogP contribution in [0.4, 0.5) is 0 Å². The number of aliphatic imine (C=N–C) groups is 1. The van der Waals surface area contributed by atoms with Gasteiger partial charge >= 0.3 is 5.97 Å². The van der Waals surface area contributed by atoms with E-state index in [0.29, 0.717) is 0 Å². The van der Waals surface area contributed by atoms with E-state index < -0.39 is 5.60 Å². The largest absolute Gasteiger partial charge is 0.459 e. The van der Waals surface area contributed by atoms with Crippen LogP contribution in [0.5, 0.6) is 0 Å². The third kappa shape index (κ3) is 11.5. The summed E-state index contributed by atoms with van der Waals surface area (Å²) in [6, 6.07) is 0. The number of hydrogen-bond acceptors (Lipinski definition) is 3. The fraction of sp³-hybridized carbons (Fsp3) is 0.800. The van der Waals surface area contributed by atoms with Crippen molar-refractivity contribution >= 4 is 35.9 Å². The lowest BCUT2D eigenvalue weighted by molar-refractivity contribution is -0.152. The minimum atomic E-state index is -0.474. The normalized spacial score (nSPS) is 11.6. The lowest BCUT2D eigenvalue weighted by Crippen LogP contribution is -2.33. The summed E-state index contributed by atoms with van der Waals surface area (Å²) in [5, 5.41) is 2.87. The van der Waals surface area contributed by atoms with Gasteiger partial charge in [0.05, 0.1) is 0 Å². The maximum atomic E-state index is 11.2. The van der Waals surface area contributed by atoms with Crippen molar-refractivity contribution < 1.29 is 9.53 Å². The van der Waals surface area contributed by atoms with Gasteiger partial charge in [-0.05, 0) is 27.2 Å². The van der Waals surface area contributed by atoms with Gasteiger partial charge in [-0.1, -0.05) is 6.92 Å². The number of hydrogen-bond donors (Lipinski definition) is 2. The highest BCUT2D eigenvalue weighted by atomic mass is 127. The van der Waals surface area contributed by atoms with Crippen LogP contribution in [-0.2, 0) is 9.53 Å². The number of nitrogens with two attached hydrogens (primary N) is 1. The number of carbonyl (C=O) groups excluding carboxylic acids is 1. The van der Waals surface area contributed by atoms with E-state index in [-0.39, 0.29) is 42.5 Å². The molecule has 0 fully saturated rings. The van der Waals surface area contributed by atoms with Gasteiger partial charge in [-0.15, -0.1) is 24.0 Å². The molecule has 0 aliphatic heterocycles. The van der Waals surface area contributed by atoms with Gasteiger partial charge < -0.3 is 15.8 Å². The van der Waals surface area contributed by atoms with E-state index in [4.69, 9.17) is 10.5 Å². The van der Waals surface area contributed by atoms with Crippen molar-refractivity contribution in [1.29, 1.82) is 0 Å². The van der Waals surface area contributed by atoms with Crippen molar-refractivity contribution in [2.75, 3.05) is 13.1 Å². The monoisotopic (exact) mass is 343 g/mol. The summed E-state index contributed by atoms with van der Waals surface area (Å²) in [7, 11) is 0. The van der Waals surface area contributed by atoms with E-state index in [1.807, 2.05) is 27.7 Å². The van der Waals surface area contributed by atoms with Crippen LogP contribution < -0.4 is 11.1 Å². The van der Waals surface area contributed by atoms with Crippen LogP contribution in [0.25, 0.3) is 0 Å². The molecule has 0 saturated heterocycles. The number of nitrogens with one attached hydrogen (secondary N) is 1. The fourth-order valence-corrected chi connectivity index (χ4v) is 0.832. The highest BCUT2D eigenvalue weighted by Gasteiger charge is 2.15. The lowest BCUT2D eigenvalue weighted by atomic mass is 10.2. The molecule has 0 saturated carbocycles. The molecule has 16 heavy (non-hydrogen) atoms. The zero-order chi connectivity index (χ0) is 11.9. The number of halogens is 1.